The minimum atomic E-state index is -1.42. The molecule has 1 amide bonds. The summed E-state index contributed by atoms with van der Waals surface area (Å²) in [5, 5.41) is 19.6. The summed E-state index contributed by atoms with van der Waals surface area (Å²) < 4.78 is 0. The maximum absolute atomic E-state index is 12.5. The maximum Gasteiger partial charge on any atom is 1.00 e. The summed E-state index contributed by atoms with van der Waals surface area (Å²) in [5.41, 5.74) is 4.25. The van der Waals surface area contributed by atoms with Crippen LogP contribution in [0.25, 0.3) is 6.08 Å². The Labute approximate surface area is 255 Å². The van der Waals surface area contributed by atoms with Crippen molar-refractivity contribution in [2.24, 2.45) is 0 Å². The molecule has 4 rings (SSSR count). The molecule has 4 aromatic rings. The third-order valence-corrected chi connectivity index (χ3v) is 6.51. The second-order valence-corrected chi connectivity index (χ2v) is 9.33. The molecule has 0 saturated heterocycles. The Balaban J connectivity index is 0.00000400. The van der Waals surface area contributed by atoms with E-state index >= 15 is 0 Å². The van der Waals surface area contributed by atoms with Crippen LogP contribution in [0.4, 0.5) is 5.69 Å². The summed E-state index contributed by atoms with van der Waals surface area (Å²) in [6.45, 7) is 0. The largest absolute Gasteiger partial charge is 1.00 e. The van der Waals surface area contributed by atoms with Crippen LogP contribution in [0.15, 0.2) is 77.9 Å². The quantitative estimate of drug-likeness (QED) is 0.274. The van der Waals surface area contributed by atoms with Gasteiger partial charge in [0.1, 0.15) is 6.04 Å². The third-order valence-electron chi connectivity index (χ3n) is 5.27. The van der Waals surface area contributed by atoms with E-state index in [4.69, 9.17) is 23.2 Å². The van der Waals surface area contributed by atoms with Gasteiger partial charge in [-0.05, 0) is 42.3 Å². The van der Waals surface area contributed by atoms with E-state index in [0.717, 1.165) is 16.9 Å². The Bertz CT molecular complexity index is 1370. The normalized spacial score (nSPS) is 12.4. The molecule has 8 nitrogen and oxygen atoms in total. The number of amides is 1. The molecule has 38 heavy (non-hydrogen) atoms. The first-order chi connectivity index (χ1) is 17.9. The molecule has 0 bridgehead atoms. The molecule has 0 aliphatic heterocycles. The molecule has 0 fully saturated rings. The van der Waals surface area contributed by atoms with Crippen LogP contribution in [-0.4, -0.2) is 32.9 Å². The van der Waals surface area contributed by atoms with Gasteiger partial charge in [-0.3, -0.25) is 4.79 Å². The van der Waals surface area contributed by atoms with Gasteiger partial charge in [-0.2, -0.15) is 0 Å². The molecule has 2 N–H and O–H groups in total. The average Bonchev–Trinajstić information content (AvgIpc) is 3.42. The Morgan fingerprint density at radius 3 is 2.29 bits per heavy atom. The number of nitrogens with one attached hydrogen (secondary N) is 2. The number of aromatic nitrogens is 3. The fraction of sp³-hybridized carbons (Fsp3) is 0.115. The summed E-state index contributed by atoms with van der Waals surface area (Å²) in [6.07, 6.45) is 6.78. The Morgan fingerprint density at radius 2 is 1.68 bits per heavy atom. The molecule has 0 spiro atoms. The van der Waals surface area contributed by atoms with Crippen LogP contribution in [0.2, 0.25) is 10.0 Å². The summed E-state index contributed by atoms with van der Waals surface area (Å²) in [4.78, 5) is 37.2. The van der Waals surface area contributed by atoms with Gasteiger partial charge in [0.2, 0.25) is 0 Å². The van der Waals surface area contributed by atoms with E-state index < -0.39 is 17.9 Å². The van der Waals surface area contributed by atoms with Crippen LogP contribution in [0.1, 0.15) is 39.9 Å². The summed E-state index contributed by atoms with van der Waals surface area (Å²) >= 11 is 13.6. The predicted octanol–water partition coefficient (Wildman–Crippen LogP) is 1.40. The zero-order valence-electron chi connectivity index (χ0n) is 20.2. The van der Waals surface area contributed by atoms with Crippen molar-refractivity contribution >= 4 is 58.2 Å². The molecular weight excluding hydrogens is 556 g/mol. The fourth-order valence-corrected chi connectivity index (χ4v) is 4.60. The second-order valence-electron chi connectivity index (χ2n) is 7.80. The molecule has 0 aliphatic carbocycles. The van der Waals surface area contributed by atoms with Crippen LogP contribution in [0.3, 0.4) is 0 Å². The van der Waals surface area contributed by atoms with Crippen LogP contribution >= 0.6 is 34.5 Å². The van der Waals surface area contributed by atoms with Crippen LogP contribution in [0, 0.1) is 0 Å². The van der Waals surface area contributed by atoms with Gasteiger partial charge in [0, 0.05) is 23.5 Å². The third kappa shape index (κ3) is 7.86. The van der Waals surface area contributed by atoms with Crippen molar-refractivity contribution in [2.45, 2.75) is 18.5 Å². The van der Waals surface area contributed by atoms with Gasteiger partial charge in [0.05, 0.1) is 38.8 Å². The summed E-state index contributed by atoms with van der Waals surface area (Å²) in [7, 11) is 0. The minimum absolute atomic E-state index is 0. The van der Waals surface area contributed by atoms with Crippen molar-refractivity contribution in [1.29, 1.82) is 0 Å². The van der Waals surface area contributed by atoms with Gasteiger partial charge in [-0.1, -0.05) is 53.6 Å². The van der Waals surface area contributed by atoms with Gasteiger partial charge in [0.25, 0.3) is 5.91 Å². The Kier molecular flexibility index (Phi) is 11.3. The monoisotopic (exact) mass is 575 g/mol. The molecule has 0 saturated carbocycles. The van der Waals surface area contributed by atoms with Crippen molar-refractivity contribution in [3.63, 3.8) is 0 Å². The first-order valence-electron chi connectivity index (χ1n) is 11.1. The van der Waals surface area contributed by atoms with Crippen molar-refractivity contribution in [1.82, 2.24) is 20.3 Å². The van der Waals surface area contributed by atoms with Crippen molar-refractivity contribution < 1.29 is 44.3 Å². The summed E-state index contributed by atoms with van der Waals surface area (Å²) in [5.74, 6) is -1.51. The number of halogens is 2. The number of aliphatic carboxylic acids is 1. The second kappa shape index (κ2) is 14.4. The number of rotatable bonds is 10. The fourth-order valence-electron chi connectivity index (χ4n) is 3.45. The maximum atomic E-state index is 12.5. The van der Waals surface area contributed by atoms with E-state index in [1.807, 2.05) is 29.6 Å². The first-order valence-corrected chi connectivity index (χ1v) is 12.8. The van der Waals surface area contributed by atoms with E-state index in [-0.39, 0.29) is 57.6 Å². The molecular formula is C26H20Cl2N5NaO3S. The molecule has 0 radical (unpaired) electrons. The zero-order chi connectivity index (χ0) is 26.2. The topological polar surface area (TPSA) is 120 Å². The number of hydrogen-bond donors (Lipinski definition) is 2. The molecule has 12 heteroatoms. The van der Waals surface area contributed by atoms with Crippen molar-refractivity contribution in [2.75, 3.05) is 5.32 Å². The molecule has 2 aromatic carbocycles. The standard InChI is InChI=1S/C26H21Cl2N5O3S.Na/c27-18-5-2-6-19(28)22(18)25(34)33-20(26(35)36)7-1-4-16-8-10-17(11-9-16)32-23(21-14-37-15-31-21)24-29-12-3-13-30-24;/h1-6,8-15,20,23,32H,7H2,(H,33,34)(H,35,36);/q;+1/p-1/b4-1+;. The number of hydrogen-bond acceptors (Lipinski definition) is 8. The molecule has 0 aliphatic rings. The zero-order valence-corrected chi connectivity index (χ0v) is 24.5. The van der Waals surface area contributed by atoms with Gasteiger partial charge in [0.15, 0.2) is 5.82 Å². The number of benzene rings is 2. The van der Waals surface area contributed by atoms with Crippen molar-refractivity contribution in [3.05, 3.63) is 111 Å². The SMILES string of the molecule is O=C(NC(C/C=C/c1ccc(NC(c2cscn2)c2ncccn2)cc1)C(=O)[O-])c1c(Cl)cccc1Cl.[Na+]. The number of carboxylic acid groups (broad SMARTS) is 1. The summed E-state index contributed by atoms with van der Waals surface area (Å²) in [6, 6.07) is 12.3. The van der Waals surface area contributed by atoms with E-state index in [9.17, 15) is 14.7 Å². The van der Waals surface area contributed by atoms with Crippen molar-refractivity contribution in [3.8, 4) is 0 Å². The van der Waals surface area contributed by atoms with Gasteiger partial charge in [-0.15, -0.1) is 11.3 Å². The molecule has 2 heterocycles. The van der Waals surface area contributed by atoms with E-state index in [1.165, 1.54) is 23.5 Å². The van der Waals surface area contributed by atoms with Crippen LogP contribution in [0.5, 0.6) is 0 Å². The number of anilines is 1. The van der Waals surface area contributed by atoms with Gasteiger partial charge >= 0.3 is 29.6 Å². The van der Waals surface area contributed by atoms with Crippen LogP contribution < -0.4 is 45.3 Å². The Hall–Kier alpha value is -2.79. The first kappa shape index (κ1) is 29.8. The Morgan fingerprint density at radius 1 is 1.00 bits per heavy atom. The van der Waals surface area contributed by atoms with Gasteiger partial charge < -0.3 is 20.5 Å². The molecule has 188 valence electrons. The number of thiazole rings is 1. The smallest absolute Gasteiger partial charge is 0.548 e. The molecule has 2 atom stereocenters. The van der Waals surface area contributed by atoms with Crippen LogP contribution in [-0.2, 0) is 4.79 Å². The average molecular weight is 576 g/mol. The molecule has 2 aromatic heterocycles. The predicted molar refractivity (Wildman–Crippen MR) is 142 cm³/mol. The number of carbonyl (C=O) groups excluding carboxylic acids is 2. The van der Waals surface area contributed by atoms with E-state index in [0.29, 0.717) is 5.82 Å². The van der Waals surface area contributed by atoms with E-state index in [2.05, 4.69) is 25.6 Å². The minimum Gasteiger partial charge on any atom is -0.548 e. The number of nitrogens with zero attached hydrogens (tertiary/aromatic N) is 3. The van der Waals surface area contributed by atoms with E-state index in [1.54, 1.807) is 42.2 Å². The molecule has 2 unspecified atom stereocenters. The number of carboxylic acids is 1. The number of carbonyl (C=O) groups is 2. The van der Waals surface area contributed by atoms with Gasteiger partial charge in [-0.25, -0.2) is 15.0 Å².